The molecule has 12 heavy (non-hydrogen) atoms. The molecule has 2 N–H and O–H groups in total. The van der Waals surface area contributed by atoms with Gasteiger partial charge in [0.15, 0.2) is 0 Å². The van der Waals surface area contributed by atoms with E-state index in [9.17, 15) is 4.79 Å². The second kappa shape index (κ2) is 4.56. The quantitative estimate of drug-likeness (QED) is 0.511. The second-order valence-electron chi connectivity index (χ2n) is 2.31. The molecule has 66 valence electrons. The molecule has 0 unspecified atom stereocenters. The highest BCUT2D eigenvalue weighted by atomic mass is 16.5. The minimum atomic E-state index is -0.357. The molecule has 4 heteroatoms. The van der Waals surface area contributed by atoms with Crippen LogP contribution < -0.4 is 0 Å². The maximum absolute atomic E-state index is 11.1. The van der Waals surface area contributed by atoms with E-state index >= 15 is 0 Å². The molecular formula is C8H11NO3. The van der Waals surface area contributed by atoms with Crippen molar-refractivity contribution < 1.29 is 14.6 Å². The smallest absolute Gasteiger partial charge is 0.339 e. The van der Waals surface area contributed by atoms with Gasteiger partial charge in [-0.3, -0.25) is 0 Å². The maximum Gasteiger partial charge on any atom is 0.339 e. The summed E-state index contributed by atoms with van der Waals surface area (Å²) in [5.74, 6) is -0.357. The van der Waals surface area contributed by atoms with Crippen molar-refractivity contribution in [1.82, 2.24) is 4.98 Å². The number of aliphatic hydroxyl groups is 1. The lowest BCUT2D eigenvalue weighted by Gasteiger charge is -2.00. The van der Waals surface area contributed by atoms with Crippen LogP contribution in [0.15, 0.2) is 18.5 Å². The van der Waals surface area contributed by atoms with Gasteiger partial charge in [0.2, 0.25) is 0 Å². The van der Waals surface area contributed by atoms with Crippen molar-refractivity contribution in [2.45, 2.75) is 6.42 Å². The number of aromatic amines is 1. The van der Waals surface area contributed by atoms with E-state index in [1.807, 2.05) is 0 Å². The van der Waals surface area contributed by atoms with E-state index in [0.29, 0.717) is 12.0 Å². The highest BCUT2D eigenvalue weighted by Crippen LogP contribution is 1.99. The molecule has 0 saturated heterocycles. The fourth-order valence-electron chi connectivity index (χ4n) is 0.764. The van der Waals surface area contributed by atoms with Gasteiger partial charge in [0.1, 0.15) is 0 Å². The van der Waals surface area contributed by atoms with Crippen LogP contribution in [0.2, 0.25) is 0 Å². The van der Waals surface area contributed by atoms with Gasteiger partial charge in [-0.1, -0.05) is 0 Å². The van der Waals surface area contributed by atoms with Gasteiger partial charge in [-0.15, -0.1) is 0 Å². The molecule has 0 atom stereocenters. The number of carbonyl (C=O) groups is 1. The van der Waals surface area contributed by atoms with Crippen molar-refractivity contribution in [1.29, 1.82) is 0 Å². The zero-order chi connectivity index (χ0) is 8.81. The summed E-state index contributed by atoms with van der Waals surface area (Å²) in [6.07, 6.45) is 3.71. The SMILES string of the molecule is O=C(OCCCO)c1cc[nH]c1. The Labute approximate surface area is 70.2 Å². The van der Waals surface area contributed by atoms with Crippen LogP contribution in [0.4, 0.5) is 0 Å². The predicted octanol–water partition coefficient (Wildman–Crippen LogP) is 0.554. The molecule has 0 fully saturated rings. The number of aliphatic hydroxyl groups excluding tert-OH is 1. The normalized spacial score (nSPS) is 9.75. The number of hydrogen-bond acceptors (Lipinski definition) is 3. The number of esters is 1. The Morgan fingerprint density at radius 1 is 1.67 bits per heavy atom. The van der Waals surface area contributed by atoms with Crippen LogP contribution in [0.25, 0.3) is 0 Å². The van der Waals surface area contributed by atoms with Crippen molar-refractivity contribution in [3.05, 3.63) is 24.0 Å². The van der Waals surface area contributed by atoms with Gasteiger partial charge in [-0.25, -0.2) is 4.79 Å². The third-order valence-corrected chi connectivity index (χ3v) is 1.37. The molecule has 1 aromatic rings. The summed E-state index contributed by atoms with van der Waals surface area (Å²) in [6, 6.07) is 1.64. The lowest BCUT2D eigenvalue weighted by Crippen LogP contribution is -2.06. The average molecular weight is 169 g/mol. The lowest BCUT2D eigenvalue weighted by atomic mass is 10.3. The van der Waals surface area contributed by atoms with Gasteiger partial charge in [0, 0.05) is 25.4 Å². The van der Waals surface area contributed by atoms with E-state index in [2.05, 4.69) is 4.98 Å². The van der Waals surface area contributed by atoms with Crippen LogP contribution in [0, 0.1) is 0 Å². The summed E-state index contributed by atoms with van der Waals surface area (Å²) < 4.78 is 4.81. The summed E-state index contributed by atoms with van der Waals surface area (Å²) in [5, 5.41) is 8.41. The third-order valence-electron chi connectivity index (χ3n) is 1.37. The molecule has 0 aliphatic heterocycles. The second-order valence-corrected chi connectivity index (χ2v) is 2.31. The Morgan fingerprint density at radius 2 is 2.50 bits per heavy atom. The number of rotatable bonds is 4. The first kappa shape index (κ1) is 8.80. The average Bonchev–Trinajstić information content (AvgIpc) is 2.56. The molecule has 0 amide bonds. The first-order chi connectivity index (χ1) is 5.84. The van der Waals surface area contributed by atoms with Crippen LogP contribution in [0.5, 0.6) is 0 Å². The third kappa shape index (κ3) is 2.39. The van der Waals surface area contributed by atoms with Crippen molar-refractivity contribution in [3.63, 3.8) is 0 Å². The van der Waals surface area contributed by atoms with Gasteiger partial charge in [-0.05, 0) is 6.07 Å². The van der Waals surface area contributed by atoms with Gasteiger partial charge < -0.3 is 14.8 Å². The fraction of sp³-hybridized carbons (Fsp3) is 0.375. The summed E-state index contributed by atoms with van der Waals surface area (Å²) in [7, 11) is 0. The van der Waals surface area contributed by atoms with E-state index in [4.69, 9.17) is 9.84 Å². The summed E-state index contributed by atoms with van der Waals surface area (Å²) in [4.78, 5) is 13.8. The molecule has 0 aromatic carbocycles. The van der Waals surface area contributed by atoms with E-state index in [0.717, 1.165) is 0 Å². The number of aromatic nitrogens is 1. The Balaban J connectivity index is 2.30. The standard InChI is InChI=1S/C8H11NO3/c10-4-1-5-12-8(11)7-2-3-9-6-7/h2-3,6,9-10H,1,4-5H2. The monoisotopic (exact) mass is 169 g/mol. The molecule has 4 nitrogen and oxygen atoms in total. The van der Waals surface area contributed by atoms with Gasteiger partial charge in [0.25, 0.3) is 0 Å². The molecule has 0 radical (unpaired) electrons. The summed E-state index contributed by atoms with van der Waals surface area (Å²) >= 11 is 0. The molecule has 0 bridgehead atoms. The Kier molecular flexibility index (Phi) is 3.35. The molecule has 1 rings (SSSR count). The van der Waals surface area contributed by atoms with Gasteiger partial charge >= 0.3 is 5.97 Å². The minimum Gasteiger partial charge on any atom is -0.462 e. The van der Waals surface area contributed by atoms with Crippen LogP contribution in [0.3, 0.4) is 0 Å². The Bertz CT molecular complexity index is 230. The van der Waals surface area contributed by atoms with Crippen molar-refractivity contribution in [3.8, 4) is 0 Å². The van der Waals surface area contributed by atoms with E-state index < -0.39 is 0 Å². The molecule has 0 aliphatic rings. The number of carbonyl (C=O) groups excluding carboxylic acids is 1. The molecular weight excluding hydrogens is 158 g/mol. The number of H-pyrrole nitrogens is 1. The molecule has 0 spiro atoms. The van der Waals surface area contributed by atoms with Gasteiger partial charge in [0.05, 0.1) is 12.2 Å². The largest absolute Gasteiger partial charge is 0.462 e. The Morgan fingerprint density at radius 3 is 3.08 bits per heavy atom. The zero-order valence-corrected chi connectivity index (χ0v) is 6.62. The maximum atomic E-state index is 11.1. The highest BCUT2D eigenvalue weighted by Gasteiger charge is 2.05. The predicted molar refractivity (Wildman–Crippen MR) is 42.8 cm³/mol. The van der Waals surface area contributed by atoms with Crippen molar-refractivity contribution >= 4 is 5.97 Å². The first-order valence-electron chi connectivity index (χ1n) is 3.75. The number of ether oxygens (including phenoxy) is 1. The fourth-order valence-corrected chi connectivity index (χ4v) is 0.764. The highest BCUT2D eigenvalue weighted by molar-refractivity contribution is 5.89. The van der Waals surface area contributed by atoms with Crippen LogP contribution >= 0.6 is 0 Å². The molecule has 1 heterocycles. The van der Waals surface area contributed by atoms with Crippen LogP contribution in [0.1, 0.15) is 16.8 Å². The van der Waals surface area contributed by atoms with Crippen LogP contribution in [-0.4, -0.2) is 29.3 Å². The van der Waals surface area contributed by atoms with Crippen molar-refractivity contribution in [2.75, 3.05) is 13.2 Å². The zero-order valence-electron chi connectivity index (χ0n) is 6.62. The lowest BCUT2D eigenvalue weighted by molar-refractivity contribution is 0.0482. The van der Waals surface area contributed by atoms with E-state index in [-0.39, 0.29) is 19.2 Å². The summed E-state index contributed by atoms with van der Waals surface area (Å²) in [6.45, 7) is 0.306. The topological polar surface area (TPSA) is 62.3 Å². The number of nitrogens with one attached hydrogen (secondary N) is 1. The Hall–Kier alpha value is -1.29. The first-order valence-corrected chi connectivity index (χ1v) is 3.75. The van der Waals surface area contributed by atoms with E-state index in [1.165, 1.54) is 0 Å². The van der Waals surface area contributed by atoms with Gasteiger partial charge in [-0.2, -0.15) is 0 Å². The summed E-state index contributed by atoms with van der Waals surface area (Å²) in [5.41, 5.74) is 0.507. The minimum absolute atomic E-state index is 0.0421. The number of hydrogen-bond donors (Lipinski definition) is 2. The van der Waals surface area contributed by atoms with Crippen LogP contribution in [-0.2, 0) is 4.74 Å². The molecule has 0 saturated carbocycles. The van der Waals surface area contributed by atoms with E-state index in [1.54, 1.807) is 18.5 Å². The molecule has 1 aromatic heterocycles. The molecule has 0 aliphatic carbocycles. The van der Waals surface area contributed by atoms with Crippen molar-refractivity contribution in [2.24, 2.45) is 0 Å².